The number of hydrogen-bond donors (Lipinski definition) is 1. The van der Waals surface area contributed by atoms with E-state index in [0.29, 0.717) is 23.6 Å². The van der Waals surface area contributed by atoms with Gasteiger partial charge in [0, 0.05) is 18.5 Å². The van der Waals surface area contributed by atoms with E-state index in [4.69, 9.17) is 9.47 Å². The number of anilines is 1. The summed E-state index contributed by atoms with van der Waals surface area (Å²) in [6.45, 7) is 5.96. The molecule has 0 aromatic heterocycles. The van der Waals surface area contributed by atoms with Gasteiger partial charge in [0.25, 0.3) is 0 Å². The normalized spacial score (nSPS) is 12.2. The van der Waals surface area contributed by atoms with E-state index in [1.54, 1.807) is 26.4 Å². The molecule has 0 spiro atoms. The molecule has 0 bridgehead atoms. The molecule has 0 fully saturated rings. The molecule has 0 saturated carbocycles. The molecule has 0 aliphatic rings. The Morgan fingerprint density at radius 2 is 1.71 bits per heavy atom. The average Bonchev–Trinajstić information content (AvgIpc) is 2.68. The lowest BCUT2D eigenvalue weighted by Gasteiger charge is -2.23. The molecule has 2 rings (SSSR count). The zero-order chi connectivity index (χ0) is 23.2. The van der Waals surface area contributed by atoms with Crippen molar-refractivity contribution in [3.05, 3.63) is 53.1 Å². The summed E-state index contributed by atoms with van der Waals surface area (Å²) in [6.07, 6.45) is 1.78. The van der Waals surface area contributed by atoms with Crippen LogP contribution in [0.25, 0.3) is 0 Å². The van der Waals surface area contributed by atoms with Gasteiger partial charge in [0.2, 0.25) is 15.9 Å². The molecule has 0 aliphatic carbocycles. The van der Waals surface area contributed by atoms with Crippen LogP contribution in [0.5, 0.6) is 11.5 Å². The number of carbonyl (C=O) groups excluding carboxylic acids is 1. The minimum Gasteiger partial charge on any atom is -0.497 e. The van der Waals surface area contributed by atoms with Crippen LogP contribution >= 0.6 is 0 Å². The molecule has 2 aromatic carbocycles. The molecule has 0 aliphatic heterocycles. The molecule has 170 valence electrons. The third kappa shape index (κ3) is 6.89. The summed E-state index contributed by atoms with van der Waals surface area (Å²) < 4.78 is 36.6. The molecule has 0 unspecified atom stereocenters. The van der Waals surface area contributed by atoms with Gasteiger partial charge < -0.3 is 14.8 Å². The number of amides is 1. The van der Waals surface area contributed by atoms with E-state index in [2.05, 4.69) is 5.32 Å². The topological polar surface area (TPSA) is 84.9 Å². The Hall–Kier alpha value is -2.74. The van der Waals surface area contributed by atoms with Gasteiger partial charge in [0.1, 0.15) is 11.5 Å². The largest absolute Gasteiger partial charge is 0.497 e. The van der Waals surface area contributed by atoms with Gasteiger partial charge in [-0.25, -0.2) is 8.42 Å². The van der Waals surface area contributed by atoms with Crippen LogP contribution in [0.3, 0.4) is 0 Å². The van der Waals surface area contributed by atoms with Gasteiger partial charge in [-0.3, -0.25) is 9.10 Å². The van der Waals surface area contributed by atoms with Crippen LogP contribution in [0, 0.1) is 13.8 Å². The highest BCUT2D eigenvalue weighted by Gasteiger charge is 2.19. The van der Waals surface area contributed by atoms with E-state index in [1.165, 1.54) is 10.6 Å². The van der Waals surface area contributed by atoms with Crippen molar-refractivity contribution in [3.8, 4) is 11.5 Å². The SMILES string of the molecule is COc1ccc(OC)c([C@@H](C)NC(=O)CCCN(c2cc(C)cc(C)c2)S(C)(=O)=O)c1. The summed E-state index contributed by atoms with van der Waals surface area (Å²) in [4.78, 5) is 12.5. The highest BCUT2D eigenvalue weighted by atomic mass is 32.2. The van der Waals surface area contributed by atoms with Crippen LogP contribution < -0.4 is 19.1 Å². The summed E-state index contributed by atoms with van der Waals surface area (Å²) in [5, 5.41) is 2.95. The van der Waals surface area contributed by atoms with E-state index in [0.717, 1.165) is 16.7 Å². The van der Waals surface area contributed by atoms with Crippen molar-refractivity contribution < 1.29 is 22.7 Å². The molecule has 8 heteroatoms. The van der Waals surface area contributed by atoms with Crippen molar-refractivity contribution >= 4 is 21.6 Å². The van der Waals surface area contributed by atoms with Crippen LogP contribution in [0.4, 0.5) is 5.69 Å². The second-order valence-electron chi connectivity index (χ2n) is 7.68. The highest BCUT2D eigenvalue weighted by Crippen LogP contribution is 2.29. The van der Waals surface area contributed by atoms with Crippen LogP contribution in [0.1, 0.15) is 42.5 Å². The summed E-state index contributed by atoms with van der Waals surface area (Å²) in [7, 11) is -0.304. The molecule has 0 saturated heterocycles. The number of aryl methyl sites for hydroxylation is 2. The zero-order valence-corrected chi connectivity index (χ0v) is 19.9. The van der Waals surface area contributed by atoms with Crippen molar-refractivity contribution in [2.45, 2.75) is 39.7 Å². The average molecular weight is 449 g/mol. The maximum absolute atomic E-state index is 12.5. The van der Waals surface area contributed by atoms with Crippen LogP contribution in [0.2, 0.25) is 0 Å². The molecule has 31 heavy (non-hydrogen) atoms. The van der Waals surface area contributed by atoms with Crippen LogP contribution in [0.15, 0.2) is 36.4 Å². The van der Waals surface area contributed by atoms with Gasteiger partial charge in [-0.15, -0.1) is 0 Å². The third-order valence-corrected chi connectivity index (χ3v) is 6.13. The fourth-order valence-electron chi connectivity index (χ4n) is 3.53. The molecular weight excluding hydrogens is 416 g/mol. The van der Waals surface area contributed by atoms with E-state index in [9.17, 15) is 13.2 Å². The number of carbonyl (C=O) groups is 1. The fourth-order valence-corrected chi connectivity index (χ4v) is 4.48. The Labute approximate surface area is 185 Å². The van der Waals surface area contributed by atoms with Crippen molar-refractivity contribution in [3.63, 3.8) is 0 Å². The number of nitrogens with one attached hydrogen (secondary N) is 1. The molecule has 2 aromatic rings. The highest BCUT2D eigenvalue weighted by molar-refractivity contribution is 7.92. The standard InChI is InChI=1S/C23H32N2O5S/c1-16-12-17(2)14-19(13-16)25(31(6,27)28)11-7-8-23(26)24-18(3)21-15-20(29-4)9-10-22(21)30-5/h9-10,12-15,18H,7-8,11H2,1-6H3,(H,24,26)/t18-/m1/s1. The third-order valence-electron chi connectivity index (χ3n) is 4.94. The van der Waals surface area contributed by atoms with Gasteiger partial charge in [0.15, 0.2) is 0 Å². The maximum Gasteiger partial charge on any atom is 0.232 e. The number of hydrogen-bond acceptors (Lipinski definition) is 5. The summed E-state index contributed by atoms with van der Waals surface area (Å²) in [5.74, 6) is 1.17. The van der Waals surface area contributed by atoms with Crippen molar-refractivity contribution in [2.24, 2.45) is 0 Å². The smallest absolute Gasteiger partial charge is 0.232 e. The lowest BCUT2D eigenvalue weighted by molar-refractivity contribution is -0.121. The first-order valence-electron chi connectivity index (χ1n) is 10.1. The predicted octanol–water partition coefficient (Wildman–Crippen LogP) is 3.74. The molecule has 1 amide bonds. The van der Waals surface area contributed by atoms with Gasteiger partial charge >= 0.3 is 0 Å². The zero-order valence-electron chi connectivity index (χ0n) is 19.1. The first-order chi connectivity index (χ1) is 14.5. The van der Waals surface area contributed by atoms with Gasteiger partial charge in [-0.1, -0.05) is 6.07 Å². The molecule has 1 N–H and O–H groups in total. The van der Waals surface area contributed by atoms with E-state index in [-0.39, 0.29) is 24.9 Å². The van der Waals surface area contributed by atoms with E-state index in [1.807, 2.05) is 45.0 Å². The summed E-state index contributed by atoms with van der Waals surface area (Å²) >= 11 is 0. The van der Waals surface area contributed by atoms with E-state index >= 15 is 0 Å². The Morgan fingerprint density at radius 3 is 2.26 bits per heavy atom. The lowest BCUT2D eigenvalue weighted by Crippen LogP contribution is -2.32. The van der Waals surface area contributed by atoms with E-state index < -0.39 is 10.0 Å². The molecular formula is C23H32N2O5S. The Balaban J connectivity index is 2.03. The predicted molar refractivity (Wildman–Crippen MR) is 123 cm³/mol. The van der Waals surface area contributed by atoms with Crippen molar-refractivity contribution in [1.29, 1.82) is 0 Å². The first kappa shape index (κ1) is 24.5. The van der Waals surface area contributed by atoms with Gasteiger partial charge in [-0.05, 0) is 68.7 Å². The molecule has 7 nitrogen and oxygen atoms in total. The number of rotatable bonds is 10. The summed E-state index contributed by atoms with van der Waals surface area (Å²) in [6, 6.07) is 10.8. The lowest BCUT2D eigenvalue weighted by atomic mass is 10.1. The summed E-state index contributed by atoms with van der Waals surface area (Å²) in [5.41, 5.74) is 3.41. The fraction of sp³-hybridized carbons (Fsp3) is 0.435. The minimum absolute atomic E-state index is 0.161. The van der Waals surface area contributed by atoms with Gasteiger partial charge in [0.05, 0.1) is 32.2 Å². The minimum atomic E-state index is -3.46. The Kier molecular flexibility index (Phi) is 8.33. The number of benzene rings is 2. The Bertz CT molecular complexity index is 1000. The molecule has 0 radical (unpaired) electrons. The van der Waals surface area contributed by atoms with Crippen LogP contribution in [-0.4, -0.2) is 41.3 Å². The number of ether oxygens (including phenoxy) is 2. The second kappa shape index (κ2) is 10.5. The molecule has 1 atom stereocenters. The van der Waals surface area contributed by atoms with Crippen molar-refractivity contribution in [2.75, 3.05) is 31.3 Å². The number of sulfonamides is 1. The quantitative estimate of drug-likeness (QED) is 0.598. The monoisotopic (exact) mass is 448 g/mol. The van der Waals surface area contributed by atoms with Crippen LogP contribution in [-0.2, 0) is 14.8 Å². The first-order valence-corrected chi connectivity index (χ1v) is 12.0. The molecule has 0 heterocycles. The van der Waals surface area contributed by atoms with Crippen molar-refractivity contribution in [1.82, 2.24) is 5.32 Å². The maximum atomic E-state index is 12.5. The number of methoxy groups -OCH3 is 2. The number of nitrogens with zero attached hydrogens (tertiary/aromatic N) is 1. The van der Waals surface area contributed by atoms with Gasteiger partial charge in [-0.2, -0.15) is 0 Å². The Morgan fingerprint density at radius 1 is 1.06 bits per heavy atom. The second-order valence-corrected chi connectivity index (χ2v) is 9.59.